The number of hydrogen-bond acceptors (Lipinski definition) is 3. The van der Waals surface area contributed by atoms with E-state index in [0.717, 1.165) is 12.4 Å². The Morgan fingerprint density at radius 2 is 2.17 bits per heavy atom. The van der Waals surface area contributed by atoms with E-state index in [1.54, 1.807) is 0 Å². The molecular formula is C8H15N3O. The molecule has 0 radical (unpaired) electrons. The number of aryl methyl sites for hydroxylation is 1. The van der Waals surface area contributed by atoms with Crippen molar-refractivity contribution in [3.05, 3.63) is 11.6 Å². The zero-order valence-corrected chi connectivity index (χ0v) is 7.78. The molecule has 0 aliphatic rings. The number of rotatable bonds is 3. The van der Waals surface area contributed by atoms with E-state index in [2.05, 4.69) is 23.9 Å². The topological polar surface area (TPSA) is 50.9 Å². The van der Waals surface area contributed by atoms with Gasteiger partial charge in [0.1, 0.15) is 12.4 Å². The number of aromatic nitrogens is 3. The number of hydrogen-bond donors (Lipinski definition) is 1. The van der Waals surface area contributed by atoms with Gasteiger partial charge in [0.05, 0.1) is 0 Å². The summed E-state index contributed by atoms with van der Waals surface area (Å²) in [6.45, 7) is 6.88. The zero-order chi connectivity index (χ0) is 9.14. The monoisotopic (exact) mass is 169 g/mol. The van der Waals surface area contributed by atoms with Gasteiger partial charge in [-0.3, -0.25) is 0 Å². The molecule has 0 saturated carbocycles. The molecule has 1 aromatic rings. The van der Waals surface area contributed by atoms with E-state index in [9.17, 15) is 0 Å². The SMILES string of the molecule is CCn1nc(CO)nc1C(C)C. The van der Waals surface area contributed by atoms with Gasteiger partial charge in [-0.2, -0.15) is 5.10 Å². The molecule has 1 N–H and O–H groups in total. The molecule has 0 aliphatic carbocycles. The molecule has 0 amide bonds. The molecule has 1 aromatic heterocycles. The Kier molecular flexibility index (Phi) is 2.81. The molecule has 0 atom stereocenters. The van der Waals surface area contributed by atoms with Crippen LogP contribution in [0.2, 0.25) is 0 Å². The van der Waals surface area contributed by atoms with Crippen LogP contribution in [0.4, 0.5) is 0 Å². The minimum absolute atomic E-state index is 0.0767. The predicted octanol–water partition coefficient (Wildman–Crippen LogP) is 0.914. The third-order valence-corrected chi connectivity index (χ3v) is 1.70. The highest BCUT2D eigenvalue weighted by Crippen LogP contribution is 2.11. The largest absolute Gasteiger partial charge is 0.388 e. The van der Waals surface area contributed by atoms with Gasteiger partial charge in [0.25, 0.3) is 0 Å². The van der Waals surface area contributed by atoms with Crippen molar-refractivity contribution in [1.29, 1.82) is 0 Å². The molecule has 0 fully saturated rings. The molecule has 1 heterocycles. The first-order valence-electron chi connectivity index (χ1n) is 4.23. The van der Waals surface area contributed by atoms with Crippen LogP contribution in [-0.4, -0.2) is 19.9 Å². The van der Waals surface area contributed by atoms with Crippen LogP contribution < -0.4 is 0 Å². The smallest absolute Gasteiger partial charge is 0.176 e. The maximum Gasteiger partial charge on any atom is 0.176 e. The van der Waals surface area contributed by atoms with Crippen molar-refractivity contribution in [2.24, 2.45) is 0 Å². The minimum atomic E-state index is -0.0767. The van der Waals surface area contributed by atoms with E-state index in [-0.39, 0.29) is 6.61 Å². The average Bonchev–Trinajstić information content (AvgIpc) is 2.47. The second kappa shape index (κ2) is 3.67. The van der Waals surface area contributed by atoms with Crippen LogP contribution in [0.3, 0.4) is 0 Å². The summed E-state index contributed by atoms with van der Waals surface area (Å²) < 4.78 is 1.83. The highest BCUT2D eigenvalue weighted by molar-refractivity contribution is 4.96. The Bertz CT molecular complexity index is 255. The third kappa shape index (κ3) is 1.64. The molecule has 4 heteroatoms. The molecule has 0 bridgehead atoms. The fourth-order valence-corrected chi connectivity index (χ4v) is 1.13. The lowest BCUT2D eigenvalue weighted by atomic mass is 10.2. The van der Waals surface area contributed by atoms with E-state index < -0.39 is 0 Å². The Labute approximate surface area is 72.2 Å². The van der Waals surface area contributed by atoms with E-state index in [1.165, 1.54) is 0 Å². The van der Waals surface area contributed by atoms with Gasteiger partial charge >= 0.3 is 0 Å². The Morgan fingerprint density at radius 1 is 1.50 bits per heavy atom. The maximum atomic E-state index is 8.81. The predicted molar refractivity (Wildman–Crippen MR) is 45.7 cm³/mol. The maximum absolute atomic E-state index is 8.81. The summed E-state index contributed by atoms with van der Waals surface area (Å²) in [4.78, 5) is 4.20. The van der Waals surface area contributed by atoms with Crippen LogP contribution in [-0.2, 0) is 13.2 Å². The Balaban J connectivity index is 3.00. The lowest BCUT2D eigenvalue weighted by molar-refractivity contribution is 0.270. The van der Waals surface area contributed by atoms with Crippen LogP contribution in [0.1, 0.15) is 38.3 Å². The van der Waals surface area contributed by atoms with Crippen molar-refractivity contribution >= 4 is 0 Å². The van der Waals surface area contributed by atoms with E-state index >= 15 is 0 Å². The van der Waals surface area contributed by atoms with Gasteiger partial charge < -0.3 is 5.11 Å². The normalized spacial score (nSPS) is 11.1. The fraction of sp³-hybridized carbons (Fsp3) is 0.750. The summed E-state index contributed by atoms with van der Waals surface area (Å²) in [7, 11) is 0. The van der Waals surface area contributed by atoms with Gasteiger partial charge in [0, 0.05) is 12.5 Å². The molecule has 0 spiro atoms. The number of nitrogens with zero attached hydrogens (tertiary/aromatic N) is 3. The standard InChI is InChI=1S/C8H15N3O/c1-4-11-8(6(2)3)9-7(5-12)10-11/h6,12H,4-5H2,1-3H3. The summed E-state index contributed by atoms with van der Waals surface area (Å²) in [5.41, 5.74) is 0. The molecular weight excluding hydrogens is 154 g/mol. The first-order chi connectivity index (χ1) is 5.69. The van der Waals surface area contributed by atoms with Crippen molar-refractivity contribution in [2.45, 2.75) is 39.8 Å². The van der Waals surface area contributed by atoms with Crippen molar-refractivity contribution in [3.63, 3.8) is 0 Å². The van der Waals surface area contributed by atoms with Crippen LogP contribution in [0.5, 0.6) is 0 Å². The van der Waals surface area contributed by atoms with Gasteiger partial charge in [0.2, 0.25) is 0 Å². The Hall–Kier alpha value is -0.900. The molecule has 0 aliphatic heterocycles. The summed E-state index contributed by atoms with van der Waals surface area (Å²) in [5.74, 6) is 1.82. The number of aliphatic hydroxyl groups excluding tert-OH is 1. The van der Waals surface area contributed by atoms with Gasteiger partial charge in [-0.1, -0.05) is 13.8 Å². The molecule has 0 aromatic carbocycles. The third-order valence-electron chi connectivity index (χ3n) is 1.70. The zero-order valence-electron chi connectivity index (χ0n) is 7.78. The summed E-state index contributed by atoms with van der Waals surface area (Å²) >= 11 is 0. The first kappa shape index (κ1) is 9.19. The lowest BCUT2D eigenvalue weighted by Gasteiger charge is -2.03. The van der Waals surface area contributed by atoms with E-state index in [4.69, 9.17) is 5.11 Å². The molecule has 4 nitrogen and oxygen atoms in total. The fourth-order valence-electron chi connectivity index (χ4n) is 1.13. The van der Waals surface area contributed by atoms with Crippen molar-refractivity contribution < 1.29 is 5.11 Å². The number of aliphatic hydroxyl groups is 1. The summed E-state index contributed by atoms with van der Waals surface area (Å²) in [6, 6.07) is 0. The highest BCUT2D eigenvalue weighted by Gasteiger charge is 2.10. The molecule has 0 unspecified atom stereocenters. The second-order valence-electron chi connectivity index (χ2n) is 3.01. The van der Waals surface area contributed by atoms with Crippen molar-refractivity contribution in [2.75, 3.05) is 0 Å². The van der Waals surface area contributed by atoms with Crippen LogP contribution in [0, 0.1) is 0 Å². The van der Waals surface area contributed by atoms with Crippen molar-refractivity contribution in [3.8, 4) is 0 Å². The summed E-state index contributed by atoms with van der Waals surface area (Å²) in [5, 5.41) is 12.9. The highest BCUT2D eigenvalue weighted by atomic mass is 16.3. The molecule has 12 heavy (non-hydrogen) atoms. The average molecular weight is 169 g/mol. The van der Waals surface area contributed by atoms with Crippen LogP contribution in [0.15, 0.2) is 0 Å². The molecule has 68 valence electrons. The summed E-state index contributed by atoms with van der Waals surface area (Å²) in [6.07, 6.45) is 0. The minimum Gasteiger partial charge on any atom is -0.388 e. The van der Waals surface area contributed by atoms with Crippen molar-refractivity contribution in [1.82, 2.24) is 14.8 Å². The van der Waals surface area contributed by atoms with E-state index in [0.29, 0.717) is 11.7 Å². The van der Waals surface area contributed by atoms with Gasteiger partial charge in [-0.05, 0) is 6.92 Å². The second-order valence-corrected chi connectivity index (χ2v) is 3.01. The molecule has 0 saturated heterocycles. The molecule has 1 rings (SSSR count). The van der Waals surface area contributed by atoms with Gasteiger partial charge in [0.15, 0.2) is 5.82 Å². The van der Waals surface area contributed by atoms with Gasteiger partial charge in [-0.15, -0.1) is 0 Å². The van der Waals surface area contributed by atoms with E-state index in [1.807, 2.05) is 11.6 Å². The quantitative estimate of drug-likeness (QED) is 0.731. The first-order valence-corrected chi connectivity index (χ1v) is 4.23. The van der Waals surface area contributed by atoms with Gasteiger partial charge in [-0.25, -0.2) is 9.67 Å². The van der Waals surface area contributed by atoms with Crippen LogP contribution >= 0.6 is 0 Å². The van der Waals surface area contributed by atoms with Crippen LogP contribution in [0.25, 0.3) is 0 Å². The Morgan fingerprint density at radius 3 is 2.50 bits per heavy atom. The lowest BCUT2D eigenvalue weighted by Crippen LogP contribution is -2.04.